The molecule has 0 spiro atoms. The molecule has 2 atom stereocenters. The average Bonchev–Trinajstić information content (AvgIpc) is 3.36. The summed E-state index contributed by atoms with van der Waals surface area (Å²) in [6.45, 7) is 9.84. The number of nitrogens with zero attached hydrogens (tertiary/aromatic N) is 1. The van der Waals surface area contributed by atoms with E-state index < -0.39 is 0 Å². The van der Waals surface area contributed by atoms with Gasteiger partial charge >= 0.3 is 5.97 Å². The Balaban J connectivity index is 0.000000356. The molecular weight excluding hydrogens is 444 g/mol. The molecule has 3 aromatic carbocycles. The van der Waals surface area contributed by atoms with E-state index in [-0.39, 0.29) is 35.8 Å². The summed E-state index contributed by atoms with van der Waals surface area (Å²) >= 11 is 0. The molecule has 1 saturated heterocycles. The normalized spacial score (nSPS) is 17.2. The molecule has 1 aliphatic heterocycles. The molecule has 190 valence electrons. The van der Waals surface area contributed by atoms with E-state index in [0.717, 1.165) is 28.5 Å². The first-order valence-electron chi connectivity index (χ1n) is 12.4. The standard InChI is InChI=1S/C19H28N2O4.C7H4O.C2H6/c1-4-11-20-17(22)13-21-12-10-16(19(23)25-5-2)18(21)14-6-8-15(24-3)9-7-14;8-7-5-3-1-2-4-6(5)7;1-2/h6-9,16,18H,4-5,10-13H2,1-3H3,(H,20,22);1-4H;1-2H3. The lowest BCUT2D eigenvalue weighted by atomic mass is 9.93. The van der Waals surface area contributed by atoms with Gasteiger partial charge in [0.1, 0.15) is 5.75 Å². The van der Waals surface area contributed by atoms with E-state index in [9.17, 15) is 14.4 Å². The van der Waals surface area contributed by atoms with E-state index in [0.29, 0.717) is 26.1 Å². The van der Waals surface area contributed by atoms with E-state index in [1.165, 1.54) is 0 Å². The topological polar surface area (TPSA) is 84.9 Å². The third-order valence-corrected chi connectivity index (χ3v) is 5.82. The molecular formula is C28H38N2O5. The molecule has 3 aromatic rings. The summed E-state index contributed by atoms with van der Waals surface area (Å²) in [5.41, 5.74) is 1.22. The third-order valence-electron chi connectivity index (χ3n) is 5.82. The highest BCUT2D eigenvalue weighted by Crippen LogP contribution is 2.38. The molecule has 1 amide bonds. The fourth-order valence-corrected chi connectivity index (χ4v) is 4.11. The first kappa shape index (κ1) is 28.1. The van der Waals surface area contributed by atoms with Crippen LogP contribution >= 0.6 is 0 Å². The Morgan fingerprint density at radius 3 is 2.17 bits per heavy atom. The number of ether oxygens (including phenoxy) is 2. The lowest BCUT2D eigenvalue weighted by molar-refractivity contribution is -0.149. The minimum Gasteiger partial charge on any atom is -0.497 e. The molecule has 0 aliphatic carbocycles. The second kappa shape index (κ2) is 14.3. The van der Waals surface area contributed by atoms with Gasteiger partial charge in [0.2, 0.25) is 5.91 Å². The number of rotatable bonds is 8. The van der Waals surface area contributed by atoms with Gasteiger partial charge in [-0.1, -0.05) is 57.2 Å². The Bertz CT molecular complexity index is 1040. The van der Waals surface area contributed by atoms with E-state index in [2.05, 4.69) is 10.2 Å². The lowest BCUT2D eigenvalue weighted by Gasteiger charge is -2.27. The number of carbonyl (C=O) groups is 2. The summed E-state index contributed by atoms with van der Waals surface area (Å²) < 4.78 is 10.5. The predicted octanol–water partition coefficient (Wildman–Crippen LogP) is 4.25. The van der Waals surface area contributed by atoms with Crippen LogP contribution in [0.1, 0.15) is 52.1 Å². The molecule has 4 rings (SSSR count). The molecule has 0 radical (unpaired) electrons. The summed E-state index contributed by atoms with van der Waals surface area (Å²) in [4.78, 5) is 37.1. The minimum atomic E-state index is -0.257. The minimum absolute atomic E-state index is 0.00938. The molecule has 2 unspecified atom stereocenters. The van der Waals surface area contributed by atoms with Crippen molar-refractivity contribution in [3.05, 3.63) is 64.3 Å². The van der Waals surface area contributed by atoms with Crippen LogP contribution < -0.4 is 15.5 Å². The van der Waals surface area contributed by atoms with Gasteiger partial charge in [-0.15, -0.1) is 0 Å². The van der Waals surface area contributed by atoms with Gasteiger partial charge in [0, 0.05) is 29.9 Å². The summed E-state index contributed by atoms with van der Waals surface area (Å²) in [6.07, 6.45) is 1.59. The van der Waals surface area contributed by atoms with Crippen LogP contribution in [0.25, 0.3) is 10.8 Å². The van der Waals surface area contributed by atoms with E-state index in [1.807, 2.05) is 76.2 Å². The zero-order chi connectivity index (χ0) is 25.8. The number of amides is 1. The van der Waals surface area contributed by atoms with Crippen LogP contribution in [0.4, 0.5) is 0 Å². The zero-order valence-corrected chi connectivity index (χ0v) is 21.5. The molecule has 0 bridgehead atoms. The van der Waals surface area contributed by atoms with Gasteiger partial charge in [0.15, 0.2) is 5.43 Å². The summed E-state index contributed by atoms with van der Waals surface area (Å²) in [5, 5.41) is 4.69. The molecule has 1 fully saturated rings. The maximum atomic E-state index is 12.4. The number of hydrogen-bond donors (Lipinski definition) is 1. The van der Waals surface area contributed by atoms with Crippen LogP contribution in [-0.2, 0) is 14.3 Å². The number of nitrogens with one attached hydrogen (secondary N) is 1. The number of fused-ring (bicyclic) bond motifs is 1. The first-order valence-corrected chi connectivity index (χ1v) is 12.4. The third kappa shape index (κ3) is 7.65. The summed E-state index contributed by atoms with van der Waals surface area (Å²) in [5.74, 6) is 0.304. The van der Waals surface area contributed by atoms with Crippen LogP contribution in [-0.4, -0.2) is 50.1 Å². The van der Waals surface area contributed by atoms with Gasteiger partial charge in [0.05, 0.1) is 26.2 Å². The van der Waals surface area contributed by atoms with Crippen LogP contribution in [0.15, 0.2) is 53.3 Å². The van der Waals surface area contributed by atoms with Crippen molar-refractivity contribution < 1.29 is 19.1 Å². The SMILES string of the molecule is CC.CCCNC(=O)CN1CCC(C(=O)OCC)C1c1ccc(OC)cc1.O=c1c2ccccc12. The molecule has 1 aliphatic rings. The highest BCUT2D eigenvalue weighted by molar-refractivity contribution is 5.97. The number of carbonyl (C=O) groups excluding carboxylic acids is 2. The fourth-order valence-electron chi connectivity index (χ4n) is 4.11. The molecule has 7 nitrogen and oxygen atoms in total. The number of hydrogen-bond acceptors (Lipinski definition) is 6. The Morgan fingerprint density at radius 1 is 1.03 bits per heavy atom. The van der Waals surface area contributed by atoms with Crippen LogP contribution in [0, 0.1) is 5.92 Å². The van der Waals surface area contributed by atoms with Gasteiger partial charge < -0.3 is 14.8 Å². The van der Waals surface area contributed by atoms with Crippen molar-refractivity contribution in [2.24, 2.45) is 5.92 Å². The number of esters is 1. The molecule has 7 heteroatoms. The Kier molecular flexibility index (Phi) is 11.4. The van der Waals surface area contributed by atoms with Gasteiger partial charge in [-0.2, -0.15) is 0 Å². The highest BCUT2D eigenvalue weighted by Gasteiger charge is 2.41. The summed E-state index contributed by atoms with van der Waals surface area (Å²) in [7, 11) is 1.62. The Morgan fingerprint density at radius 2 is 1.66 bits per heavy atom. The maximum Gasteiger partial charge on any atom is 0.310 e. The van der Waals surface area contributed by atoms with Gasteiger partial charge in [0.25, 0.3) is 0 Å². The van der Waals surface area contributed by atoms with E-state index in [4.69, 9.17) is 9.47 Å². The predicted molar refractivity (Wildman–Crippen MR) is 139 cm³/mol. The van der Waals surface area contributed by atoms with Crippen molar-refractivity contribution in [2.75, 3.05) is 33.4 Å². The van der Waals surface area contributed by atoms with Crippen LogP contribution in [0.2, 0.25) is 0 Å². The van der Waals surface area contributed by atoms with Gasteiger partial charge in [-0.25, -0.2) is 0 Å². The van der Waals surface area contributed by atoms with E-state index in [1.54, 1.807) is 7.11 Å². The quantitative estimate of drug-likeness (QED) is 0.483. The average molecular weight is 483 g/mol. The smallest absolute Gasteiger partial charge is 0.310 e. The molecule has 0 aromatic heterocycles. The van der Waals surface area contributed by atoms with Gasteiger partial charge in [-0.05, 0) is 37.5 Å². The second-order valence-electron chi connectivity index (χ2n) is 8.06. The number of methoxy groups -OCH3 is 1. The number of benzene rings is 2. The van der Waals surface area contributed by atoms with Crippen molar-refractivity contribution >= 4 is 22.6 Å². The molecule has 1 heterocycles. The van der Waals surface area contributed by atoms with Crippen molar-refractivity contribution in [1.82, 2.24) is 10.2 Å². The Hall–Kier alpha value is -3.19. The molecule has 35 heavy (non-hydrogen) atoms. The van der Waals surface area contributed by atoms with Crippen LogP contribution in [0.3, 0.4) is 0 Å². The summed E-state index contributed by atoms with van der Waals surface area (Å²) in [6, 6.07) is 15.0. The number of likely N-dealkylation sites (tertiary alicyclic amines) is 1. The maximum absolute atomic E-state index is 12.4. The molecule has 0 saturated carbocycles. The zero-order valence-electron chi connectivity index (χ0n) is 21.5. The van der Waals surface area contributed by atoms with Crippen molar-refractivity contribution in [1.29, 1.82) is 0 Å². The Labute approximate surface area is 208 Å². The largest absolute Gasteiger partial charge is 0.497 e. The van der Waals surface area contributed by atoms with Crippen molar-refractivity contribution in [2.45, 2.75) is 46.6 Å². The van der Waals surface area contributed by atoms with E-state index >= 15 is 0 Å². The lowest BCUT2D eigenvalue weighted by Crippen LogP contribution is -2.38. The highest BCUT2D eigenvalue weighted by atomic mass is 16.5. The van der Waals surface area contributed by atoms with Gasteiger partial charge in [-0.3, -0.25) is 19.3 Å². The van der Waals surface area contributed by atoms with Crippen LogP contribution in [0.5, 0.6) is 5.75 Å². The molecule has 1 N–H and O–H groups in total. The monoisotopic (exact) mass is 482 g/mol. The fraction of sp³-hybridized carbons (Fsp3) is 0.464. The van der Waals surface area contributed by atoms with Crippen molar-refractivity contribution in [3.8, 4) is 5.75 Å². The second-order valence-corrected chi connectivity index (χ2v) is 8.06. The van der Waals surface area contributed by atoms with Crippen molar-refractivity contribution in [3.63, 3.8) is 0 Å². The first-order chi connectivity index (χ1) is 17.0.